The minimum absolute atomic E-state index is 0.225. The summed E-state index contributed by atoms with van der Waals surface area (Å²) < 4.78 is 4.80. The van der Waals surface area contributed by atoms with Gasteiger partial charge in [0.2, 0.25) is 0 Å². The van der Waals surface area contributed by atoms with Crippen LogP contribution in [-0.2, 0) is 16.0 Å². The summed E-state index contributed by atoms with van der Waals surface area (Å²) in [5, 5.41) is 0. The molecule has 250 valence electrons. The Morgan fingerprint density at radius 1 is 0.864 bits per heavy atom. The van der Waals surface area contributed by atoms with E-state index in [9.17, 15) is 4.79 Å². The lowest BCUT2D eigenvalue weighted by Crippen LogP contribution is -2.21. The van der Waals surface area contributed by atoms with E-state index in [0.717, 1.165) is 17.8 Å². The van der Waals surface area contributed by atoms with Crippen molar-refractivity contribution < 1.29 is 9.53 Å². The van der Waals surface area contributed by atoms with Gasteiger partial charge in [0.05, 0.1) is 0 Å². The van der Waals surface area contributed by atoms with Crippen molar-refractivity contribution in [1.29, 1.82) is 0 Å². The summed E-state index contributed by atoms with van der Waals surface area (Å²) in [6.07, 6.45) is 12.1. The first kappa shape index (κ1) is 43.5. The van der Waals surface area contributed by atoms with Gasteiger partial charge in [-0.05, 0) is 118 Å². The van der Waals surface area contributed by atoms with Gasteiger partial charge in [0.25, 0.3) is 0 Å². The van der Waals surface area contributed by atoms with Crippen molar-refractivity contribution in [3.63, 3.8) is 0 Å². The van der Waals surface area contributed by atoms with Gasteiger partial charge in [-0.25, -0.2) is 0 Å². The molecule has 2 aromatic carbocycles. The second-order valence-electron chi connectivity index (χ2n) is 13.4. The Morgan fingerprint density at radius 3 is 1.80 bits per heavy atom. The topological polar surface area (TPSA) is 26.3 Å². The molecule has 0 radical (unpaired) electrons. The summed E-state index contributed by atoms with van der Waals surface area (Å²) in [6.45, 7) is 31.3. The van der Waals surface area contributed by atoms with Crippen molar-refractivity contribution in [1.82, 2.24) is 0 Å². The van der Waals surface area contributed by atoms with Gasteiger partial charge in [0.15, 0.2) is 0 Å². The number of allylic oxidation sites excluding steroid dienone is 4. The molecule has 2 nitrogen and oxygen atoms in total. The number of carbonyl (C=O) groups excluding carboxylic acids is 1. The third-order valence-electron chi connectivity index (χ3n) is 7.03. The summed E-state index contributed by atoms with van der Waals surface area (Å²) in [5.74, 6) is 2.17. The maximum atomic E-state index is 10.2. The zero-order valence-corrected chi connectivity index (χ0v) is 31.6. The number of carbonyl (C=O) groups is 1. The Labute approximate surface area is 274 Å². The normalized spacial score (nSPS) is 12.3. The zero-order chi connectivity index (χ0) is 34.3. The number of ether oxygens (including phenoxy) is 1. The average molecular weight is 607 g/mol. The fourth-order valence-electron chi connectivity index (χ4n) is 5.03. The minimum Gasteiger partial charge on any atom is -0.460 e. The van der Waals surface area contributed by atoms with Crippen LogP contribution < -0.4 is 0 Å². The minimum atomic E-state index is -0.328. The van der Waals surface area contributed by atoms with Gasteiger partial charge >= 0.3 is 5.97 Å². The second kappa shape index (κ2) is 24.7. The molecule has 0 heterocycles. The molecule has 1 atom stereocenters. The Kier molecular flexibility index (Phi) is 24.4. The van der Waals surface area contributed by atoms with Crippen LogP contribution in [0, 0.1) is 31.6 Å². The first-order valence-corrected chi connectivity index (χ1v) is 17.3. The summed E-state index contributed by atoms with van der Waals surface area (Å²) in [4.78, 5) is 10.2. The highest BCUT2D eigenvalue weighted by molar-refractivity contribution is 5.80. The van der Waals surface area contributed by atoms with Gasteiger partial charge in [-0.15, -0.1) is 0 Å². The number of hydrogen-bond acceptors (Lipinski definition) is 2. The molecule has 44 heavy (non-hydrogen) atoms. The SMILES string of the molecule is C/C=C(/C(=C/CC(C)C)CCC)c1ccccc1C.CC.CC(=O)OC(C)(C)C.CCC(Cc1ccccc1C)CC(C)C. The number of rotatable bonds is 11. The third-order valence-corrected chi connectivity index (χ3v) is 7.03. The fraction of sp³-hybridized carbons (Fsp3) is 0.595. The lowest BCUT2D eigenvalue weighted by atomic mass is 9.88. The molecule has 0 saturated carbocycles. The standard InChI is InChI=1S/C19H28.C15H24.C6H12O2.C2H6/c1-6-10-17(14-13-15(3)4)18(7-2)19-12-9-8-11-16(19)5;1-5-14(10-12(2)3)11-15-9-7-6-8-13(15)4;1-5(7)8-6(2,3)4;1-2/h7-9,11-12,14-15H,6,10,13H2,1-5H3;6-9,12,14H,5,10-11H2,1-4H3;1-4H3;1-2H3/b17-14+,18-7-;;;. The van der Waals surface area contributed by atoms with E-state index < -0.39 is 0 Å². The molecular formula is C42H70O2. The van der Waals surface area contributed by atoms with Gasteiger partial charge < -0.3 is 4.74 Å². The van der Waals surface area contributed by atoms with E-state index in [4.69, 9.17) is 4.74 Å². The molecule has 2 rings (SSSR count). The largest absolute Gasteiger partial charge is 0.460 e. The molecule has 0 aliphatic carbocycles. The van der Waals surface area contributed by atoms with Gasteiger partial charge in [0, 0.05) is 6.92 Å². The number of esters is 1. The van der Waals surface area contributed by atoms with Gasteiger partial charge in [-0.3, -0.25) is 4.79 Å². The van der Waals surface area contributed by atoms with E-state index in [1.165, 1.54) is 78.8 Å². The first-order chi connectivity index (χ1) is 20.6. The monoisotopic (exact) mass is 607 g/mol. The highest BCUT2D eigenvalue weighted by Gasteiger charge is 2.12. The van der Waals surface area contributed by atoms with Crippen LogP contribution in [0.5, 0.6) is 0 Å². The molecule has 0 spiro atoms. The van der Waals surface area contributed by atoms with Crippen molar-refractivity contribution in [2.75, 3.05) is 0 Å². The van der Waals surface area contributed by atoms with E-state index in [1.807, 2.05) is 34.6 Å². The molecule has 0 fully saturated rings. The molecule has 0 aliphatic heterocycles. The van der Waals surface area contributed by atoms with E-state index in [1.54, 1.807) is 0 Å². The van der Waals surface area contributed by atoms with Crippen LogP contribution in [0.15, 0.2) is 66.3 Å². The van der Waals surface area contributed by atoms with Crippen LogP contribution in [0.4, 0.5) is 0 Å². The fourth-order valence-corrected chi connectivity index (χ4v) is 5.03. The highest BCUT2D eigenvalue weighted by atomic mass is 16.6. The van der Waals surface area contributed by atoms with Crippen molar-refractivity contribution >= 4 is 11.5 Å². The predicted molar refractivity (Wildman–Crippen MR) is 198 cm³/mol. The van der Waals surface area contributed by atoms with Crippen LogP contribution in [-0.4, -0.2) is 11.6 Å². The third kappa shape index (κ3) is 21.2. The maximum absolute atomic E-state index is 10.2. The van der Waals surface area contributed by atoms with Crippen LogP contribution in [0.2, 0.25) is 0 Å². The molecule has 0 aliphatic rings. The Balaban J connectivity index is 0. The van der Waals surface area contributed by atoms with Crippen molar-refractivity contribution in [2.24, 2.45) is 17.8 Å². The van der Waals surface area contributed by atoms with Gasteiger partial charge in [-0.2, -0.15) is 0 Å². The molecule has 1 unspecified atom stereocenters. The van der Waals surface area contributed by atoms with E-state index >= 15 is 0 Å². The van der Waals surface area contributed by atoms with Crippen LogP contribution >= 0.6 is 0 Å². The number of hydrogen-bond donors (Lipinski definition) is 0. The molecule has 0 aromatic heterocycles. The summed E-state index contributed by atoms with van der Waals surface area (Å²) >= 11 is 0. The molecule has 0 N–H and O–H groups in total. The number of benzene rings is 2. The van der Waals surface area contributed by atoms with E-state index in [2.05, 4.69) is 123 Å². The lowest BCUT2D eigenvalue weighted by Gasteiger charge is -2.18. The molecular weight excluding hydrogens is 536 g/mol. The molecule has 0 amide bonds. The quantitative estimate of drug-likeness (QED) is 0.188. The molecule has 2 heteroatoms. The Morgan fingerprint density at radius 2 is 1.41 bits per heavy atom. The second-order valence-corrected chi connectivity index (χ2v) is 13.4. The summed E-state index contributed by atoms with van der Waals surface area (Å²) in [6, 6.07) is 17.5. The van der Waals surface area contributed by atoms with Gasteiger partial charge in [0.1, 0.15) is 5.60 Å². The summed E-state index contributed by atoms with van der Waals surface area (Å²) in [5.41, 5.74) is 8.32. The van der Waals surface area contributed by atoms with Crippen LogP contribution in [0.3, 0.4) is 0 Å². The van der Waals surface area contributed by atoms with E-state index in [-0.39, 0.29) is 11.6 Å². The highest BCUT2D eigenvalue weighted by Crippen LogP contribution is 2.29. The lowest BCUT2D eigenvalue weighted by molar-refractivity contribution is -0.151. The van der Waals surface area contributed by atoms with Crippen molar-refractivity contribution in [2.45, 2.75) is 148 Å². The molecule has 0 bridgehead atoms. The smallest absolute Gasteiger partial charge is 0.303 e. The van der Waals surface area contributed by atoms with Crippen molar-refractivity contribution in [3.8, 4) is 0 Å². The van der Waals surface area contributed by atoms with Gasteiger partial charge in [-0.1, -0.05) is 129 Å². The summed E-state index contributed by atoms with van der Waals surface area (Å²) in [7, 11) is 0. The zero-order valence-electron chi connectivity index (χ0n) is 31.6. The maximum Gasteiger partial charge on any atom is 0.303 e. The van der Waals surface area contributed by atoms with Crippen LogP contribution in [0.25, 0.3) is 5.57 Å². The molecule has 0 saturated heterocycles. The first-order valence-electron chi connectivity index (χ1n) is 17.3. The average Bonchev–Trinajstić information content (AvgIpc) is 2.94. The van der Waals surface area contributed by atoms with E-state index in [0.29, 0.717) is 0 Å². The number of aryl methyl sites for hydroxylation is 2. The molecule has 2 aromatic rings. The van der Waals surface area contributed by atoms with Crippen LogP contribution in [0.1, 0.15) is 144 Å². The van der Waals surface area contributed by atoms with Crippen molar-refractivity contribution in [3.05, 3.63) is 88.5 Å². The predicted octanol–water partition coefficient (Wildman–Crippen LogP) is 13.2. The Bertz CT molecular complexity index is 1080. The Hall–Kier alpha value is -2.61.